The van der Waals surface area contributed by atoms with Gasteiger partial charge < -0.3 is 10.2 Å². The average molecular weight is 146 g/mol. The number of aliphatic hydroxyl groups is 2. The molecule has 0 rings (SSSR count). The zero-order valence-electron chi connectivity index (χ0n) is 7.09. The van der Waals surface area contributed by atoms with E-state index in [0.29, 0.717) is 6.42 Å². The van der Waals surface area contributed by atoms with Crippen LogP contribution in [0.1, 0.15) is 40.0 Å². The molecule has 0 aromatic carbocycles. The van der Waals surface area contributed by atoms with E-state index in [1.165, 1.54) is 0 Å². The smallest absolute Gasteiger partial charge is 0.151 e. The summed E-state index contributed by atoms with van der Waals surface area (Å²) in [5, 5.41) is 17.1. The Labute approximate surface area is 62.9 Å². The van der Waals surface area contributed by atoms with E-state index in [0.717, 1.165) is 12.8 Å². The summed E-state index contributed by atoms with van der Waals surface area (Å²) in [6, 6.07) is 0. The maximum Gasteiger partial charge on any atom is 0.151 e. The summed E-state index contributed by atoms with van der Waals surface area (Å²) in [7, 11) is 0. The van der Waals surface area contributed by atoms with Crippen LogP contribution in [0.5, 0.6) is 0 Å². The van der Waals surface area contributed by atoms with Gasteiger partial charge in [0.05, 0.1) is 0 Å². The summed E-state index contributed by atoms with van der Waals surface area (Å²) in [4.78, 5) is 0. The van der Waals surface area contributed by atoms with Crippen molar-refractivity contribution in [3.05, 3.63) is 0 Å². The van der Waals surface area contributed by atoms with Gasteiger partial charge in [0, 0.05) is 0 Å². The van der Waals surface area contributed by atoms with Crippen LogP contribution in [0.4, 0.5) is 0 Å². The molecule has 0 bridgehead atoms. The molecule has 62 valence electrons. The summed E-state index contributed by atoms with van der Waals surface area (Å²) in [5.74, 6) is 0. The largest absolute Gasteiger partial charge is 0.368 e. The molecule has 0 aliphatic rings. The summed E-state index contributed by atoms with van der Waals surface area (Å²) >= 11 is 0. The van der Waals surface area contributed by atoms with Crippen molar-refractivity contribution >= 4 is 0 Å². The standard InChI is InChI=1S/C8H18O2/c1-4-8(2,3)6-5-7(9)10/h7,9-10H,4-6H2,1-3H3. The van der Waals surface area contributed by atoms with Crippen LogP contribution < -0.4 is 0 Å². The van der Waals surface area contributed by atoms with Crippen LogP contribution in [0, 0.1) is 5.41 Å². The second-order valence-corrected chi connectivity index (χ2v) is 3.54. The first kappa shape index (κ1) is 9.92. The van der Waals surface area contributed by atoms with Crippen molar-refractivity contribution in [2.24, 2.45) is 5.41 Å². The van der Waals surface area contributed by atoms with Crippen LogP contribution in [0.15, 0.2) is 0 Å². The lowest BCUT2D eigenvalue weighted by Gasteiger charge is -2.22. The molecule has 0 aliphatic heterocycles. The van der Waals surface area contributed by atoms with Gasteiger partial charge in [-0.3, -0.25) is 0 Å². The van der Waals surface area contributed by atoms with Gasteiger partial charge >= 0.3 is 0 Å². The Kier molecular flexibility index (Phi) is 3.91. The summed E-state index contributed by atoms with van der Waals surface area (Å²) in [5.41, 5.74) is 0.254. The Hall–Kier alpha value is -0.0800. The van der Waals surface area contributed by atoms with E-state index in [1.54, 1.807) is 0 Å². The number of hydrogen-bond donors (Lipinski definition) is 2. The molecule has 0 amide bonds. The Bertz CT molecular complexity index is 87.3. The van der Waals surface area contributed by atoms with Crippen molar-refractivity contribution in [1.82, 2.24) is 0 Å². The molecular weight excluding hydrogens is 128 g/mol. The Morgan fingerprint density at radius 2 is 1.80 bits per heavy atom. The van der Waals surface area contributed by atoms with Gasteiger partial charge in [-0.2, -0.15) is 0 Å². The van der Waals surface area contributed by atoms with Gasteiger partial charge in [0.1, 0.15) is 0 Å². The van der Waals surface area contributed by atoms with Crippen LogP contribution in [0.3, 0.4) is 0 Å². The molecular formula is C8H18O2. The fraction of sp³-hybridized carbons (Fsp3) is 1.00. The summed E-state index contributed by atoms with van der Waals surface area (Å²) in [6.45, 7) is 6.38. The van der Waals surface area contributed by atoms with Crippen molar-refractivity contribution in [2.45, 2.75) is 46.3 Å². The first-order chi connectivity index (χ1) is 4.48. The highest BCUT2D eigenvalue weighted by Gasteiger charge is 2.15. The average Bonchev–Trinajstić information content (AvgIpc) is 1.85. The molecule has 0 saturated carbocycles. The summed E-state index contributed by atoms with van der Waals surface area (Å²) in [6.07, 6.45) is 1.31. The van der Waals surface area contributed by atoms with Crippen LogP contribution in [0.2, 0.25) is 0 Å². The molecule has 0 spiro atoms. The van der Waals surface area contributed by atoms with Gasteiger partial charge in [-0.25, -0.2) is 0 Å². The fourth-order valence-corrected chi connectivity index (χ4v) is 0.697. The first-order valence-electron chi connectivity index (χ1n) is 3.84. The van der Waals surface area contributed by atoms with Crippen molar-refractivity contribution in [3.63, 3.8) is 0 Å². The Morgan fingerprint density at radius 3 is 2.10 bits per heavy atom. The van der Waals surface area contributed by atoms with Gasteiger partial charge in [0.2, 0.25) is 0 Å². The molecule has 0 radical (unpaired) electrons. The quantitative estimate of drug-likeness (QED) is 0.590. The third-order valence-corrected chi connectivity index (χ3v) is 2.04. The molecule has 2 nitrogen and oxygen atoms in total. The molecule has 0 fully saturated rings. The van der Waals surface area contributed by atoms with E-state index in [4.69, 9.17) is 10.2 Å². The molecule has 0 saturated heterocycles. The minimum Gasteiger partial charge on any atom is -0.368 e. The SMILES string of the molecule is CCC(C)(C)CCC(O)O. The fourth-order valence-electron chi connectivity index (χ4n) is 0.697. The predicted octanol–water partition coefficient (Wildman–Crippen LogP) is 1.51. The van der Waals surface area contributed by atoms with Crippen LogP contribution >= 0.6 is 0 Å². The predicted molar refractivity (Wildman–Crippen MR) is 41.5 cm³/mol. The molecule has 0 aromatic heterocycles. The lowest BCUT2D eigenvalue weighted by atomic mass is 9.85. The third kappa shape index (κ3) is 4.77. The van der Waals surface area contributed by atoms with Crippen LogP contribution in [-0.4, -0.2) is 16.5 Å². The number of aliphatic hydroxyl groups excluding tert-OH is 1. The van der Waals surface area contributed by atoms with E-state index < -0.39 is 6.29 Å². The van der Waals surface area contributed by atoms with Gasteiger partial charge in [-0.1, -0.05) is 27.2 Å². The monoisotopic (exact) mass is 146 g/mol. The minimum absolute atomic E-state index is 0.254. The van der Waals surface area contributed by atoms with E-state index >= 15 is 0 Å². The van der Waals surface area contributed by atoms with E-state index in [9.17, 15) is 0 Å². The van der Waals surface area contributed by atoms with Gasteiger partial charge in [-0.05, 0) is 18.3 Å². The molecule has 0 aromatic rings. The Morgan fingerprint density at radius 1 is 1.30 bits per heavy atom. The molecule has 0 heterocycles. The molecule has 0 unspecified atom stereocenters. The highest BCUT2D eigenvalue weighted by Crippen LogP contribution is 2.26. The normalized spacial score (nSPS) is 12.6. The number of rotatable bonds is 4. The van der Waals surface area contributed by atoms with Gasteiger partial charge in [0.15, 0.2) is 6.29 Å². The van der Waals surface area contributed by atoms with E-state index in [2.05, 4.69) is 20.8 Å². The van der Waals surface area contributed by atoms with E-state index in [1.807, 2.05) is 0 Å². The third-order valence-electron chi connectivity index (χ3n) is 2.04. The van der Waals surface area contributed by atoms with Gasteiger partial charge in [0.25, 0.3) is 0 Å². The first-order valence-corrected chi connectivity index (χ1v) is 3.84. The maximum atomic E-state index is 8.57. The maximum absolute atomic E-state index is 8.57. The second-order valence-electron chi connectivity index (χ2n) is 3.54. The highest BCUT2D eigenvalue weighted by atomic mass is 16.5. The lowest BCUT2D eigenvalue weighted by molar-refractivity contribution is -0.0521. The molecule has 10 heavy (non-hydrogen) atoms. The van der Waals surface area contributed by atoms with Crippen LogP contribution in [0.25, 0.3) is 0 Å². The summed E-state index contributed by atoms with van der Waals surface area (Å²) < 4.78 is 0. The topological polar surface area (TPSA) is 40.5 Å². The zero-order valence-corrected chi connectivity index (χ0v) is 7.09. The molecule has 0 atom stereocenters. The van der Waals surface area contributed by atoms with Crippen molar-refractivity contribution in [2.75, 3.05) is 0 Å². The molecule has 0 aliphatic carbocycles. The molecule has 2 heteroatoms. The highest BCUT2D eigenvalue weighted by molar-refractivity contribution is 4.65. The zero-order chi connectivity index (χ0) is 8.20. The van der Waals surface area contributed by atoms with Gasteiger partial charge in [-0.15, -0.1) is 0 Å². The number of hydrogen-bond acceptors (Lipinski definition) is 2. The van der Waals surface area contributed by atoms with Crippen LogP contribution in [-0.2, 0) is 0 Å². The lowest BCUT2D eigenvalue weighted by Crippen LogP contribution is -2.14. The molecule has 2 N–H and O–H groups in total. The van der Waals surface area contributed by atoms with E-state index in [-0.39, 0.29) is 5.41 Å². The van der Waals surface area contributed by atoms with Crippen molar-refractivity contribution in [1.29, 1.82) is 0 Å². The minimum atomic E-state index is -1.13. The van der Waals surface area contributed by atoms with Crippen molar-refractivity contribution < 1.29 is 10.2 Å². The Balaban J connectivity index is 3.46. The second kappa shape index (κ2) is 3.94. The van der Waals surface area contributed by atoms with Crippen molar-refractivity contribution in [3.8, 4) is 0 Å².